The van der Waals surface area contributed by atoms with Crippen molar-refractivity contribution in [3.8, 4) is 34.2 Å². The van der Waals surface area contributed by atoms with Gasteiger partial charge in [-0.3, -0.25) is 0 Å². The van der Waals surface area contributed by atoms with Crippen LogP contribution in [0, 0.1) is 14.3 Å². The second-order valence-corrected chi connectivity index (χ2v) is 49.4. The fourth-order valence-electron chi connectivity index (χ4n) is 12.1. The average molecular weight is 1600 g/mol. The Morgan fingerprint density at radius 3 is 0.954 bits per heavy atom. The molecular weight excluding hydrogens is 1510 g/mol. The van der Waals surface area contributed by atoms with Crippen LogP contribution in [0.4, 0.5) is 34.1 Å². The molecule has 0 amide bonds. The molecule has 2 aliphatic heterocycles. The van der Waals surface area contributed by atoms with Crippen LogP contribution < -0.4 is 111 Å². The number of fused-ring (bicyclic) bond motifs is 8. The quantitative estimate of drug-likeness (QED) is 0.0998. The van der Waals surface area contributed by atoms with Crippen molar-refractivity contribution in [2.24, 2.45) is 0 Å². The third-order valence-corrected chi connectivity index (χ3v) is 27.0. The molecule has 9 aromatic carbocycles. The molecule has 0 radical (unpaired) electrons. The zero-order valence-electron chi connectivity index (χ0n) is 54.0. The minimum absolute atomic E-state index is 0.0225. The van der Waals surface area contributed by atoms with Crippen LogP contribution in [0.2, 0.25) is 0 Å². The van der Waals surface area contributed by atoms with Gasteiger partial charge in [0.25, 0.3) is 0 Å². The number of aromatic nitrogens is 3. The maximum absolute atomic E-state index is 5.84. The van der Waals surface area contributed by atoms with Gasteiger partial charge in [-0.15, -0.1) is 0 Å². The van der Waals surface area contributed by atoms with Gasteiger partial charge in [0.05, 0.1) is 0 Å². The molecule has 0 spiro atoms. The predicted molar refractivity (Wildman–Crippen MR) is 356 cm³/mol. The first-order chi connectivity index (χ1) is 40.8. The zero-order valence-corrected chi connectivity index (χ0v) is 62.6. The van der Waals surface area contributed by atoms with E-state index in [1.54, 1.807) is 0 Å². The third-order valence-electron chi connectivity index (χ3n) is 15.5. The molecular formula is C77H82BI4N5-4. The van der Waals surface area contributed by atoms with Gasteiger partial charge in [-0.2, -0.15) is 0 Å². The molecule has 3 heterocycles. The Labute approximate surface area is 560 Å². The van der Waals surface area contributed by atoms with Crippen molar-refractivity contribution in [1.29, 1.82) is 0 Å². The van der Waals surface area contributed by atoms with Gasteiger partial charge >= 0.3 is 396 Å². The summed E-state index contributed by atoms with van der Waals surface area (Å²) in [7, 11) is 0. The first-order valence-corrected chi connectivity index (χ1v) is 39.2. The molecule has 0 unspecified atom stereocenters. The van der Waals surface area contributed by atoms with Crippen molar-refractivity contribution in [3.63, 3.8) is 0 Å². The summed E-state index contributed by atoms with van der Waals surface area (Å²) in [5.41, 5.74) is 16.4. The van der Waals surface area contributed by atoms with Crippen molar-refractivity contribution in [2.45, 2.75) is 149 Å². The Hall–Kier alpha value is -4.91. The minimum atomic E-state index is -0.337. The molecule has 1 aromatic heterocycles. The third kappa shape index (κ3) is 13.3. The van der Waals surface area contributed by atoms with E-state index in [2.05, 4.69) is 304 Å². The van der Waals surface area contributed by atoms with Gasteiger partial charge in [0.2, 0.25) is 0 Å². The van der Waals surface area contributed by atoms with E-state index in [-0.39, 0.29) is 116 Å². The Morgan fingerprint density at radius 2 is 0.644 bits per heavy atom. The number of alkyl halides is 4. The molecule has 0 saturated carbocycles. The molecule has 0 aliphatic carbocycles. The molecule has 0 atom stereocenters. The van der Waals surface area contributed by atoms with Crippen LogP contribution in [0.1, 0.15) is 136 Å². The fraction of sp³-hybridized carbons (Fsp3) is 0.312. The standard InChI is InChI=1S/C77H82BI4N5/c1-72(2,3)52-29-33-58(34-30-52)86-64-43-51(71-84-69(49-39-54(79-74(7,8)9)45-55(40-49)80-75(10,11)12)83-70(85-71)50-41-56(81-76(13,14)15)46-57(42-50)82-77(16,17)18)44-65-66(64)78(62-37-27-47-23-19-21-25-60(47)67(62)86)63-38-28-48-24-20-22-26-61(48)68(63)87(65)59-35-31-53(32-36-59)73(4,5)6/h19-46H,1-18H3/q-4. The van der Waals surface area contributed by atoms with E-state index >= 15 is 0 Å². The SMILES string of the molecule is CC(C)(C)[I-]c1cc([I-]C(C)(C)C)cc(-c2nc(-c3cc([I-]C(C)(C)C)cc([I-]C(C)(C)C)c3)nc(-c3cc4c5c(c3)N(c3ccc(C(C)(C)C)cc3)c3c(ccc6ccccc36)B5c3ccc5ccccc5c3N4c3ccc(C(C)(C)C)cc3)n2)c1. The number of nitrogens with zero attached hydrogens (tertiary/aromatic N) is 5. The first-order valence-electron chi connectivity index (χ1n) is 30.5. The van der Waals surface area contributed by atoms with Crippen LogP contribution in [0.3, 0.4) is 0 Å². The summed E-state index contributed by atoms with van der Waals surface area (Å²) in [6, 6.07) is 66.0. The van der Waals surface area contributed by atoms with Crippen molar-refractivity contribution in [2.75, 3.05) is 9.80 Å². The van der Waals surface area contributed by atoms with Gasteiger partial charge < -0.3 is 0 Å². The van der Waals surface area contributed by atoms with Gasteiger partial charge in [-0.05, 0) is 32.7 Å². The normalized spacial score (nSPS) is 13.9. The Morgan fingerprint density at radius 1 is 0.333 bits per heavy atom. The summed E-state index contributed by atoms with van der Waals surface area (Å²) >= 11 is -1.35. The Balaban J connectivity index is 1.22. The van der Waals surface area contributed by atoms with E-state index in [4.69, 9.17) is 15.0 Å². The number of rotatable bonds is 9. The molecule has 2 aliphatic rings. The maximum atomic E-state index is 5.84. The summed E-state index contributed by atoms with van der Waals surface area (Å²) in [6.07, 6.45) is 0. The monoisotopic (exact) mass is 1600 g/mol. The van der Waals surface area contributed by atoms with Crippen molar-refractivity contribution >= 4 is 78.8 Å². The van der Waals surface area contributed by atoms with Gasteiger partial charge in [0, 0.05) is 0 Å². The zero-order chi connectivity index (χ0) is 61.9. The van der Waals surface area contributed by atoms with E-state index < -0.39 is 0 Å². The van der Waals surface area contributed by atoms with Crippen LogP contribution in [0.5, 0.6) is 0 Å². The predicted octanol–water partition coefficient (Wildman–Crippen LogP) is 6.09. The van der Waals surface area contributed by atoms with Gasteiger partial charge in [0.15, 0.2) is 0 Å². The fourth-order valence-corrected chi connectivity index (χ4v) is 24.7. The molecule has 87 heavy (non-hydrogen) atoms. The van der Waals surface area contributed by atoms with Gasteiger partial charge in [-0.25, -0.2) is 0 Å². The summed E-state index contributed by atoms with van der Waals surface area (Å²) < 4.78 is 6.55. The van der Waals surface area contributed by atoms with E-state index in [1.807, 2.05) is 0 Å². The molecule has 10 heteroatoms. The van der Waals surface area contributed by atoms with Crippen molar-refractivity contribution in [3.05, 3.63) is 195 Å². The molecule has 450 valence electrons. The molecule has 0 saturated heterocycles. The second-order valence-electron chi connectivity index (χ2n) is 29.3. The van der Waals surface area contributed by atoms with Crippen LogP contribution in [-0.4, -0.2) is 35.4 Å². The topological polar surface area (TPSA) is 45.2 Å². The van der Waals surface area contributed by atoms with Crippen LogP contribution >= 0.6 is 0 Å². The number of anilines is 6. The van der Waals surface area contributed by atoms with Crippen LogP contribution in [0.25, 0.3) is 55.7 Å². The van der Waals surface area contributed by atoms with Crippen molar-refractivity contribution in [1.82, 2.24) is 15.0 Å². The molecule has 0 bridgehead atoms. The number of halogens is 4. The Bertz CT molecular complexity index is 3970. The number of benzene rings is 9. The summed E-state index contributed by atoms with van der Waals surface area (Å²) in [5.74, 6) is 2.14. The van der Waals surface area contributed by atoms with Crippen molar-refractivity contribution < 1.29 is 84.8 Å². The van der Waals surface area contributed by atoms with Gasteiger partial charge in [-0.1, -0.05) is 139 Å². The number of hydrogen-bond donors (Lipinski definition) is 0. The summed E-state index contributed by atoms with van der Waals surface area (Å²) in [4.78, 5) is 22.6. The van der Waals surface area contributed by atoms with E-state index in [0.717, 1.165) is 51.1 Å². The second kappa shape index (κ2) is 23.1. The van der Waals surface area contributed by atoms with E-state index in [1.165, 1.54) is 74.7 Å². The van der Waals surface area contributed by atoms with Gasteiger partial charge in [0.1, 0.15) is 0 Å². The average Bonchev–Trinajstić information content (AvgIpc) is 0.711. The summed E-state index contributed by atoms with van der Waals surface area (Å²) in [6.45, 7) is 42.5. The molecule has 12 rings (SSSR count). The summed E-state index contributed by atoms with van der Waals surface area (Å²) in [5, 5.41) is 4.86. The first kappa shape index (κ1) is 62.3. The molecule has 0 N–H and O–H groups in total. The Kier molecular flexibility index (Phi) is 16.5. The van der Waals surface area contributed by atoms with E-state index in [9.17, 15) is 0 Å². The molecule has 0 fully saturated rings. The molecule has 10 aromatic rings. The van der Waals surface area contributed by atoms with E-state index in [0.29, 0.717) is 5.82 Å². The van der Waals surface area contributed by atoms with Crippen LogP contribution in [0.15, 0.2) is 170 Å². The van der Waals surface area contributed by atoms with Crippen LogP contribution in [-0.2, 0) is 10.8 Å². The molecule has 5 nitrogen and oxygen atoms in total. The number of hydrogen-bond acceptors (Lipinski definition) is 5.